The second kappa shape index (κ2) is 6.27. The highest BCUT2D eigenvalue weighted by molar-refractivity contribution is 7.12. The summed E-state index contributed by atoms with van der Waals surface area (Å²) >= 11 is 1.50. The van der Waals surface area contributed by atoms with Crippen LogP contribution in [0.4, 0.5) is 0 Å². The van der Waals surface area contributed by atoms with Crippen molar-refractivity contribution in [3.05, 3.63) is 52.5 Å². The number of carbonyl (C=O) groups is 1. The molecule has 0 aliphatic rings. The van der Waals surface area contributed by atoms with Crippen LogP contribution in [0.2, 0.25) is 0 Å². The van der Waals surface area contributed by atoms with Crippen LogP contribution < -0.4 is 5.32 Å². The van der Waals surface area contributed by atoms with Gasteiger partial charge in [0.1, 0.15) is 0 Å². The molecular weight excluding hydrogens is 232 g/mol. The fourth-order valence-corrected chi connectivity index (χ4v) is 2.19. The molecule has 0 spiro atoms. The summed E-state index contributed by atoms with van der Waals surface area (Å²) in [5.74, 6) is 0.210. The molecule has 0 aliphatic carbocycles. The minimum Gasteiger partial charge on any atom is -0.312 e. The van der Waals surface area contributed by atoms with E-state index in [9.17, 15) is 4.79 Å². The molecule has 0 amide bonds. The van der Waals surface area contributed by atoms with Gasteiger partial charge in [0.05, 0.1) is 4.88 Å². The molecule has 2 rings (SSSR count). The first-order valence-electron chi connectivity index (χ1n) is 5.52. The summed E-state index contributed by atoms with van der Waals surface area (Å²) in [6, 6.07) is 7.71. The third kappa shape index (κ3) is 3.76. The van der Waals surface area contributed by atoms with Crippen LogP contribution in [0, 0.1) is 0 Å². The van der Waals surface area contributed by atoms with E-state index in [1.807, 2.05) is 29.6 Å². The van der Waals surface area contributed by atoms with E-state index in [-0.39, 0.29) is 5.78 Å². The molecule has 2 aromatic rings. The number of nitrogens with zero attached hydrogens (tertiary/aromatic N) is 1. The number of thiophene rings is 1. The van der Waals surface area contributed by atoms with Gasteiger partial charge in [-0.3, -0.25) is 9.78 Å². The zero-order chi connectivity index (χ0) is 11.9. The van der Waals surface area contributed by atoms with Gasteiger partial charge in [-0.1, -0.05) is 6.07 Å². The molecule has 88 valence electrons. The summed E-state index contributed by atoms with van der Waals surface area (Å²) in [6.45, 7) is 1.49. The molecule has 0 atom stereocenters. The Morgan fingerprint density at radius 2 is 2.12 bits per heavy atom. The lowest BCUT2D eigenvalue weighted by molar-refractivity contribution is 0.0986. The molecule has 4 heteroatoms. The van der Waals surface area contributed by atoms with Crippen molar-refractivity contribution in [3.8, 4) is 0 Å². The summed E-state index contributed by atoms with van der Waals surface area (Å²) in [6.07, 6.45) is 4.09. The monoisotopic (exact) mass is 246 g/mol. The molecule has 0 fully saturated rings. The molecule has 0 radical (unpaired) electrons. The molecule has 1 N–H and O–H groups in total. The van der Waals surface area contributed by atoms with E-state index in [1.54, 1.807) is 12.4 Å². The highest BCUT2D eigenvalue weighted by Crippen LogP contribution is 2.10. The molecule has 17 heavy (non-hydrogen) atoms. The average molecular weight is 246 g/mol. The first-order chi connectivity index (χ1) is 8.36. The fourth-order valence-electron chi connectivity index (χ4n) is 1.50. The number of pyridine rings is 1. The lowest BCUT2D eigenvalue weighted by atomic mass is 10.2. The van der Waals surface area contributed by atoms with Crippen molar-refractivity contribution in [2.45, 2.75) is 13.0 Å². The maximum Gasteiger partial charge on any atom is 0.174 e. The lowest BCUT2D eigenvalue weighted by Gasteiger charge is -2.03. The number of hydrogen-bond acceptors (Lipinski definition) is 4. The number of nitrogens with one attached hydrogen (secondary N) is 1. The van der Waals surface area contributed by atoms with Crippen LogP contribution in [0.1, 0.15) is 21.7 Å². The van der Waals surface area contributed by atoms with E-state index in [0.29, 0.717) is 13.0 Å². The van der Waals surface area contributed by atoms with Crippen molar-refractivity contribution in [3.63, 3.8) is 0 Å². The molecule has 2 aromatic heterocycles. The van der Waals surface area contributed by atoms with Crippen LogP contribution in [0.15, 0.2) is 42.0 Å². The lowest BCUT2D eigenvalue weighted by Crippen LogP contribution is -2.17. The first-order valence-corrected chi connectivity index (χ1v) is 6.40. The van der Waals surface area contributed by atoms with E-state index < -0.39 is 0 Å². The van der Waals surface area contributed by atoms with Gasteiger partial charge in [-0.15, -0.1) is 11.3 Å². The Morgan fingerprint density at radius 1 is 1.29 bits per heavy atom. The van der Waals surface area contributed by atoms with Crippen LogP contribution in [-0.4, -0.2) is 17.3 Å². The maximum atomic E-state index is 11.7. The van der Waals surface area contributed by atoms with Crippen LogP contribution >= 0.6 is 11.3 Å². The van der Waals surface area contributed by atoms with Gasteiger partial charge in [0.15, 0.2) is 5.78 Å². The molecular formula is C13H14N2OS. The van der Waals surface area contributed by atoms with Gasteiger partial charge in [0.2, 0.25) is 0 Å². The number of aromatic nitrogens is 1. The molecule has 0 aliphatic heterocycles. The number of carbonyl (C=O) groups excluding carboxylic acids is 1. The van der Waals surface area contributed by atoms with Crippen molar-refractivity contribution in [1.29, 1.82) is 0 Å². The normalized spacial score (nSPS) is 10.4. The van der Waals surface area contributed by atoms with Crippen molar-refractivity contribution < 1.29 is 4.79 Å². The Hall–Kier alpha value is -1.52. The molecule has 3 nitrogen and oxygen atoms in total. The molecule has 2 heterocycles. The number of rotatable bonds is 6. The van der Waals surface area contributed by atoms with E-state index in [2.05, 4.69) is 10.3 Å². The Kier molecular flexibility index (Phi) is 4.41. The highest BCUT2D eigenvalue weighted by atomic mass is 32.1. The Labute approximate surface area is 105 Å². The first kappa shape index (κ1) is 12.0. The number of Topliss-reactive ketones (excluding diaryl/α,β-unsaturated/α-hetero) is 1. The van der Waals surface area contributed by atoms with Gasteiger partial charge in [0, 0.05) is 31.9 Å². The molecule has 0 saturated carbocycles. The minimum absolute atomic E-state index is 0.210. The van der Waals surface area contributed by atoms with E-state index in [1.165, 1.54) is 16.9 Å². The minimum atomic E-state index is 0.210. The van der Waals surface area contributed by atoms with E-state index >= 15 is 0 Å². The Bertz CT molecular complexity index is 454. The Balaban J connectivity index is 1.69. The summed E-state index contributed by atoms with van der Waals surface area (Å²) < 4.78 is 0. The zero-order valence-corrected chi connectivity index (χ0v) is 10.2. The van der Waals surface area contributed by atoms with E-state index in [4.69, 9.17) is 0 Å². The molecule has 0 unspecified atom stereocenters. The van der Waals surface area contributed by atoms with Gasteiger partial charge in [-0.05, 0) is 29.1 Å². The number of ketones is 1. The van der Waals surface area contributed by atoms with Gasteiger partial charge < -0.3 is 5.32 Å². The van der Waals surface area contributed by atoms with Gasteiger partial charge in [-0.25, -0.2) is 0 Å². The van der Waals surface area contributed by atoms with Gasteiger partial charge in [-0.2, -0.15) is 0 Å². The smallest absolute Gasteiger partial charge is 0.174 e. The fraction of sp³-hybridized carbons (Fsp3) is 0.231. The van der Waals surface area contributed by atoms with E-state index in [0.717, 1.165) is 11.4 Å². The van der Waals surface area contributed by atoms with Crippen molar-refractivity contribution in [2.24, 2.45) is 0 Å². The summed E-state index contributed by atoms with van der Waals surface area (Å²) in [7, 11) is 0. The standard InChI is InChI=1S/C13H14N2OS/c16-12(13-2-1-9-17-13)5-8-15-10-11-3-6-14-7-4-11/h1-4,6-7,9,15H,5,8,10H2. The largest absolute Gasteiger partial charge is 0.312 e. The van der Waals surface area contributed by atoms with Gasteiger partial charge >= 0.3 is 0 Å². The molecule has 0 aromatic carbocycles. The van der Waals surface area contributed by atoms with Crippen LogP contribution in [-0.2, 0) is 6.54 Å². The predicted octanol–water partition coefficient (Wildman–Crippen LogP) is 2.51. The van der Waals surface area contributed by atoms with Crippen LogP contribution in [0.3, 0.4) is 0 Å². The summed E-state index contributed by atoms with van der Waals surface area (Å²) in [4.78, 5) is 16.5. The summed E-state index contributed by atoms with van der Waals surface area (Å²) in [5.41, 5.74) is 1.18. The molecule has 0 saturated heterocycles. The zero-order valence-electron chi connectivity index (χ0n) is 9.43. The highest BCUT2D eigenvalue weighted by Gasteiger charge is 2.05. The van der Waals surface area contributed by atoms with Gasteiger partial charge in [0.25, 0.3) is 0 Å². The van der Waals surface area contributed by atoms with Crippen LogP contribution in [0.5, 0.6) is 0 Å². The second-order valence-corrected chi connectivity index (χ2v) is 4.63. The second-order valence-electron chi connectivity index (χ2n) is 3.68. The molecule has 0 bridgehead atoms. The quantitative estimate of drug-likeness (QED) is 0.629. The third-order valence-electron chi connectivity index (χ3n) is 2.40. The number of hydrogen-bond donors (Lipinski definition) is 1. The predicted molar refractivity (Wildman–Crippen MR) is 69.2 cm³/mol. The maximum absolute atomic E-state index is 11.7. The van der Waals surface area contributed by atoms with Crippen molar-refractivity contribution >= 4 is 17.1 Å². The average Bonchev–Trinajstić information content (AvgIpc) is 2.89. The SMILES string of the molecule is O=C(CCNCc1ccncc1)c1cccs1. The summed E-state index contributed by atoms with van der Waals surface area (Å²) in [5, 5.41) is 5.18. The topological polar surface area (TPSA) is 42.0 Å². The Morgan fingerprint density at radius 3 is 2.82 bits per heavy atom. The third-order valence-corrected chi connectivity index (χ3v) is 3.31. The van der Waals surface area contributed by atoms with Crippen LogP contribution in [0.25, 0.3) is 0 Å². The van der Waals surface area contributed by atoms with Crippen molar-refractivity contribution in [1.82, 2.24) is 10.3 Å². The van der Waals surface area contributed by atoms with Crippen molar-refractivity contribution in [2.75, 3.05) is 6.54 Å².